The second-order valence-electron chi connectivity index (χ2n) is 5.91. The lowest BCUT2D eigenvalue weighted by atomic mass is 9.83. The van der Waals surface area contributed by atoms with Crippen LogP contribution in [-0.4, -0.2) is 49.8 Å². The van der Waals surface area contributed by atoms with E-state index in [1.165, 1.54) is 58.2 Å². The van der Waals surface area contributed by atoms with Gasteiger partial charge in [0.15, 0.2) is 0 Å². The van der Waals surface area contributed by atoms with Gasteiger partial charge in [0.25, 0.3) is 0 Å². The topological polar surface area (TPSA) is 24.5 Å². The fourth-order valence-electron chi connectivity index (χ4n) is 3.98. The molecule has 98 valence electrons. The molecule has 0 radical (unpaired) electrons. The molecule has 2 aliphatic heterocycles. The van der Waals surface area contributed by atoms with Crippen LogP contribution in [-0.2, 0) is 4.74 Å². The molecule has 17 heavy (non-hydrogen) atoms. The third-order valence-electron chi connectivity index (χ3n) is 4.90. The number of hydrogen-bond acceptors (Lipinski definition) is 3. The van der Waals surface area contributed by atoms with Crippen molar-refractivity contribution < 1.29 is 4.74 Å². The molecule has 0 bridgehead atoms. The van der Waals surface area contributed by atoms with Crippen LogP contribution in [0.4, 0.5) is 0 Å². The zero-order valence-electron chi connectivity index (χ0n) is 10.9. The van der Waals surface area contributed by atoms with Gasteiger partial charge in [0.1, 0.15) is 0 Å². The Morgan fingerprint density at radius 2 is 1.82 bits per heavy atom. The zero-order valence-corrected chi connectivity index (χ0v) is 10.9. The van der Waals surface area contributed by atoms with E-state index in [4.69, 9.17) is 4.74 Å². The van der Waals surface area contributed by atoms with E-state index >= 15 is 0 Å². The first-order chi connectivity index (χ1) is 8.45. The second kappa shape index (κ2) is 5.68. The first kappa shape index (κ1) is 11.9. The third-order valence-corrected chi connectivity index (χ3v) is 4.90. The summed E-state index contributed by atoms with van der Waals surface area (Å²) in [7, 11) is 0. The standard InChI is InChI=1S/C14H26N2O/c1-2-4-14-12(3-1)11-17-10-9-16(14)13-5-7-15-8-6-13/h12-15H,1-11H2/t12-,14-/m0/s1. The molecular formula is C14H26N2O. The zero-order chi connectivity index (χ0) is 11.5. The highest BCUT2D eigenvalue weighted by Crippen LogP contribution is 2.32. The number of nitrogens with one attached hydrogen (secondary N) is 1. The summed E-state index contributed by atoms with van der Waals surface area (Å²) in [6.45, 7) is 5.56. The molecule has 1 aliphatic carbocycles. The van der Waals surface area contributed by atoms with E-state index in [9.17, 15) is 0 Å². The molecule has 3 nitrogen and oxygen atoms in total. The Balaban J connectivity index is 1.70. The van der Waals surface area contributed by atoms with Gasteiger partial charge in [-0.1, -0.05) is 12.8 Å². The SMILES string of the molecule is C1CC[C@H]2[C@@H](C1)COCCN2C1CCNCC1. The molecule has 3 fully saturated rings. The minimum atomic E-state index is 0.820. The van der Waals surface area contributed by atoms with Crippen molar-refractivity contribution in [1.29, 1.82) is 0 Å². The molecule has 3 heteroatoms. The van der Waals surface area contributed by atoms with Gasteiger partial charge in [-0.15, -0.1) is 0 Å². The number of fused-ring (bicyclic) bond motifs is 1. The van der Waals surface area contributed by atoms with Gasteiger partial charge in [0.05, 0.1) is 13.2 Å². The van der Waals surface area contributed by atoms with Crippen LogP contribution < -0.4 is 5.32 Å². The molecule has 0 aromatic heterocycles. The maximum absolute atomic E-state index is 5.83. The van der Waals surface area contributed by atoms with E-state index < -0.39 is 0 Å². The van der Waals surface area contributed by atoms with Crippen LogP contribution in [0.25, 0.3) is 0 Å². The van der Waals surface area contributed by atoms with Gasteiger partial charge >= 0.3 is 0 Å². The van der Waals surface area contributed by atoms with Crippen LogP contribution in [0.15, 0.2) is 0 Å². The van der Waals surface area contributed by atoms with E-state index in [2.05, 4.69) is 10.2 Å². The summed E-state index contributed by atoms with van der Waals surface area (Å²) in [4.78, 5) is 2.82. The van der Waals surface area contributed by atoms with Crippen LogP contribution in [0.3, 0.4) is 0 Å². The summed E-state index contributed by atoms with van der Waals surface area (Å²) in [6, 6.07) is 1.65. The maximum atomic E-state index is 5.83. The summed E-state index contributed by atoms with van der Waals surface area (Å²) in [5.74, 6) is 0.820. The smallest absolute Gasteiger partial charge is 0.0593 e. The Kier molecular flexibility index (Phi) is 3.99. The molecule has 0 unspecified atom stereocenters. The number of hydrogen-bond donors (Lipinski definition) is 1. The molecule has 0 aromatic rings. The summed E-state index contributed by atoms with van der Waals surface area (Å²) in [5, 5.41) is 3.48. The number of nitrogens with zero attached hydrogens (tertiary/aromatic N) is 1. The van der Waals surface area contributed by atoms with Gasteiger partial charge in [-0.2, -0.15) is 0 Å². The Morgan fingerprint density at radius 3 is 2.71 bits per heavy atom. The summed E-state index contributed by atoms with van der Waals surface area (Å²) in [5.41, 5.74) is 0. The minimum absolute atomic E-state index is 0.820. The highest BCUT2D eigenvalue weighted by atomic mass is 16.5. The van der Waals surface area contributed by atoms with E-state index in [0.29, 0.717) is 0 Å². The molecule has 2 heterocycles. The van der Waals surface area contributed by atoms with Crippen LogP contribution in [0.2, 0.25) is 0 Å². The fraction of sp³-hybridized carbons (Fsp3) is 1.00. The van der Waals surface area contributed by atoms with Crippen molar-refractivity contribution in [2.24, 2.45) is 5.92 Å². The van der Waals surface area contributed by atoms with Crippen molar-refractivity contribution in [2.45, 2.75) is 50.6 Å². The highest BCUT2D eigenvalue weighted by molar-refractivity contribution is 4.90. The monoisotopic (exact) mass is 238 g/mol. The highest BCUT2D eigenvalue weighted by Gasteiger charge is 2.35. The van der Waals surface area contributed by atoms with Crippen LogP contribution >= 0.6 is 0 Å². The van der Waals surface area contributed by atoms with Gasteiger partial charge in [-0.25, -0.2) is 0 Å². The van der Waals surface area contributed by atoms with E-state index in [-0.39, 0.29) is 0 Å². The molecule has 3 rings (SSSR count). The number of rotatable bonds is 1. The van der Waals surface area contributed by atoms with Crippen LogP contribution in [0, 0.1) is 5.92 Å². The molecule has 2 saturated heterocycles. The lowest BCUT2D eigenvalue weighted by Gasteiger charge is -2.43. The summed E-state index contributed by atoms with van der Waals surface area (Å²) < 4.78 is 5.83. The summed E-state index contributed by atoms with van der Waals surface area (Å²) >= 11 is 0. The van der Waals surface area contributed by atoms with Gasteiger partial charge in [-0.05, 0) is 44.7 Å². The maximum Gasteiger partial charge on any atom is 0.0593 e. The Morgan fingerprint density at radius 1 is 1.00 bits per heavy atom. The summed E-state index contributed by atoms with van der Waals surface area (Å²) in [6.07, 6.45) is 8.34. The molecule has 2 atom stereocenters. The van der Waals surface area contributed by atoms with Crippen molar-refractivity contribution in [3.05, 3.63) is 0 Å². The molecule has 0 spiro atoms. The Labute approximate surface area is 105 Å². The van der Waals surface area contributed by atoms with Gasteiger partial charge in [0, 0.05) is 18.6 Å². The van der Waals surface area contributed by atoms with Gasteiger partial charge < -0.3 is 10.1 Å². The normalized spacial score (nSPS) is 37.4. The van der Waals surface area contributed by atoms with Gasteiger partial charge in [0.2, 0.25) is 0 Å². The first-order valence-corrected chi connectivity index (χ1v) is 7.49. The minimum Gasteiger partial charge on any atom is -0.380 e. The van der Waals surface area contributed by atoms with Gasteiger partial charge in [-0.3, -0.25) is 4.90 Å². The predicted octanol–water partition coefficient (Wildman–Crippen LogP) is 1.63. The number of piperidine rings is 1. The third kappa shape index (κ3) is 2.67. The average molecular weight is 238 g/mol. The first-order valence-electron chi connectivity index (χ1n) is 7.49. The fourth-order valence-corrected chi connectivity index (χ4v) is 3.98. The molecule has 1 saturated carbocycles. The predicted molar refractivity (Wildman–Crippen MR) is 69.2 cm³/mol. The molecule has 0 amide bonds. The number of ether oxygens (including phenoxy) is 1. The largest absolute Gasteiger partial charge is 0.380 e. The second-order valence-corrected chi connectivity index (χ2v) is 5.91. The van der Waals surface area contributed by atoms with Crippen molar-refractivity contribution in [3.8, 4) is 0 Å². The quantitative estimate of drug-likeness (QED) is 0.751. The molecular weight excluding hydrogens is 212 g/mol. The molecule has 1 N–H and O–H groups in total. The van der Waals surface area contributed by atoms with E-state index in [0.717, 1.165) is 31.2 Å². The molecule has 3 aliphatic rings. The van der Waals surface area contributed by atoms with Crippen molar-refractivity contribution in [3.63, 3.8) is 0 Å². The lowest BCUT2D eigenvalue weighted by molar-refractivity contribution is 0.0621. The van der Waals surface area contributed by atoms with E-state index in [1.54, 1.807) is 0 Å². The average Bonchev–Trinajstić information content (AvgIpc) is 2.62. The van der Waals surface area contributed by atoms with Crippen molar-refractivity contribution in [2.75, 3.05) is 32.8 Å². The van der Waals surface area contributed by atoms with E-state index in [1.807, 2.05) is 0 Å². The van der Waals surface area contributed by atoms with Crippen LogP contribution in [0.5, 0.6) is 0 Å². The Bertz CT molecular complexity index is 240. The molecule has 0 aromatic carbocycles. The van der Waals surface area contributed by atoms with Crippen molar-refractivity contribution >= 4 is 0 Å². The lowest BCUT2D eigenvalue weighted by Crippen LogP contribution is -2.51. The Hall–Kier alpha value is -0.120. The van der Waals surface area contributed by atoms with Crippen LogP contribution in [0.1, 0.15) is 38.5 Å². The van der Waals surface area contributed by atoms with Crippen molar-refractivity contribution in [1.82, 2.24) is 10.2 Å².